The minimum atomic E-state index is -1.15. The van der Waals surface area contributed by atoms with Crippen molar-refractivity contribution in [3.8, 4) is 0 Å². The minimum Gasteiger partial charge on any atom is -0.346 e. The Morgan fingerprint density at radius 2 is 1.07 bits per heavy atom. The van der Waals surface area contributed by atoms with Gasteiger partial charge in [-0.1, -0.05) is 84.0 Å². The van der Waals surface area contributed by atoms with Crippen molar-refractivity contribution in [1.82, 2.24) is 21.3 Å². The zero-order valence-corrected chi connectivity index (χ0v) is 32.8. The van der Waals surface area contributed by atoms with Gasteiger partial charge in [0, 0.05) is 37.1 Å². The lowest BCUT2D eigenvalue weighted by atomic mass is 9.85. The molecule has 2 aromatic carbocycles. The fourth-order valence-corrected chi connectivity index (χ4v) is 6.32. The van der Waals surface area contributed by atoms with Gasteiger partial charge in [-0.2, -0.15) is 0 Å². The van der Waals surface area contributed by atoms with Gasteiger partial charge in [-0.25, -0.2) is 0 Å². The lowest BCUT2D eigenvalue weighted by molar-refractivity contribution is -0.384. The fraction of sp³-hybridized carbons (Fsp3) is 0.474. The highest BCUT2D eigenvalue weighted by Gasteiger charge is 2.47. The van der Waals surface area contributed by atoms with Crippen LogP contribution in [0.3, 0.4) is 0 Å². The lowest BCUT2D eigenvalue weighted by Crippen LogP contribution is -2.49. The number of amides is 6. The number of nitro groups is 1. The molecule has 56 heavy (non-hydrogen) atoms. The van der Waals surface area contributed by atoms with E-state index in [0.717, 1.165) is 5.56 Å². The minimum absolute atomic E-state index is 0. The Balaban J connectivity index is 0.000000382. The van der Waals surface area contributed by atoms with Crippen molar-refractivity contribution in [3.05, 3.63) is 75.8 Å². The smallest absolute Gasteiger partial charge is 0.269 e. The van der Waals surface area contributed by atoms with Gasteiger partial charge >= 0.3 is 0 Å². The number of carbonyl (C=O) groups excluding carboxylic acids is 8. The van der Waals surface area contributed by atoms with Crippen molar-refractivity contribution in [2.45, 2.75) is 78.6 Å². The number of Topliss-reactive ketones (excluding diaryl/α,β-unsaturated/α-hetero) is 2. The highest BCUT2D eigenvalue weighted by molar-refractivity contribution is 6.17. The maximum atomic E-state index is 12.8. The van der Waals surface area contributed by atoms with Crippen LogP contribution in [-0.2, 0) is 38.4 Å². The van der Waals surface area contributed by atoms with Crippen molar-refractivity contribution in [3.63, 3.8) is 0 Å². The van der Waals surface area contributed by atoms with Gasteiger partial charge in [-0.05, 0) is 23.0 Å². The third-order valence-corrected chi connectivity index (χ3v) is 9.62. The second-order valence-corrected chi connectivity index (χ2v) is 14.5. The molecule has 0 bridgehead atoms. The molecule has 0 radical (unpaired) electrons. The Labute approximate surface area is 330 Å². The summed E-state index contributed by atoms with van der Waals surface area (Å²) in [5, 5.41) is 20.5. The van der Waals surface area contributed by atoms with E-state index in [1.165, 1.54) is 32.0 Å². The first kappa shape index (κ1) is 46.8. The van der Waals surface area contributed by atoms with E-state index < -0.39 is 93.9 Å². The average Bonchev–Trinajstić information content (AvgIpc) is 3.54. The normalized spacial score (nSPS) is 21.0. The van der Waals surface area contributed by atoms with E-state index in [1.54, 1.807) is 33.8 Å². The number of nitrogens with zero attached hydrogens (tertiary/aromatic N) is 1. The number of non-ortho nitro benzene ring substituents is 1. The third-order valence-electron chi connectivity index (χ3n) is 9.62. The number of hydrogen-bond acceptors (Lipinski definition) is 12. The molecule has 8 atom stereocenters. The molecule has 304 valence electrons. The zero-order chi connectivity index (χ0) is 41.3. The number of carbonyl (C=O) groups is 8. The molecule has 0 saturated carbocycles. The van der Waals surface area contributed by atoms with Crippen LogP contribution >= 0.6 is 12.4 Å². The summed E-state index contributed by atoms with van der Waals surface area (Å²) in [6.07, 6.45) is -0.186. The maximum absolute atomic E-state index is 12.8. The van der Waals surface area contributed by atoms with Gasteiger partial charge in [0.15, 0.2) is 11.6 Å². The average molecular weight is 800 g/mol. The second-order valence-electron chi connectivity index (χ2n) is 14.5. The first-order valence-corrected chi connectivity index (χ1v) is 17.9. The molecule has 0 aromatic heterocycles. The monoisotopic (exact) mass is 799 g/mol. The van der Waals surface area contributed by atoms with Crippen LogP contribution in [0.4, 0.5) is 5.69 Å². The van der Waals surface area contributed by atoms with Crippen LogP contribution in [-0.4, -0.2) is 64.0 Å². The molecule has 2 unspecified atom stereocenters. The number of nitrogens with two attached hydrogens (primary N) is 2. The van der Waals surface area contributed by atoms with Crippen molar-refractivity contribution in [2.75, 3.05) is 0 Å². The van der Waals surface area contributed by atoms with Crippen LogP contribution in [0.5, 0.6) is 0 Å². The number of imide groups is 2. The van der Waals surface area contributed by atoms with Gasteiger partial charge in [0.25, 0.3) is 5.69 Å². The largest absolute Gasteiger partial charge is 0.346 e. The molecule has 2 heterocycles. The summed E-state index contributed by atoms with van der Waals surface area (Å²) in [5.74, 6) is -8.45. The Bertz CT molecular complexity index is 1820. The second kappa shape index (κ2) is 20.5. The van der Waals surface area contributed by atoms with E-state index in [4.69, 9.17) is 11.5 Å². The lowest BCUT2D eigenvalue weighted by Gasteiger charge is -2.25. The highest BCUT2D eigenvalue weighted by Crippen LogP contribution is 2.25. The number of ketones is 2. The number of halogens is 1. The summed E-state index contributed by atoms with van der Waals surface area (Å²) in [4.78, 5) is 108. The summed E-state index contributed by atoms with van der Waals surface area (Å²) in [6.45, 7) is 10.00. The van der Waals surface area contributed by atoms with Gasteiger partial charge in [0.05, 0.1) is 28.8 Å². The van der Waals surface area contributed by atoms with E-state index in [2.05, 4.69) is 21.3 Å². The predicted molar refractivity (Wildman–Crippen MR) is 205 cm³/mol. The van der Waals surface area contributed by atoms with Crippen molar-refractivity contribution in [2.24, 2.45) is 47.0 Å². The van der Waals surface area contributed by atoms with Gasteiger partial charge in [-0.15, -0.1) is 12.4 Å². The van der Waals surface area contributed by atoms with Crippen LogP contribution in [0.25, 0.3) is 0 Å². The number of nitrogens with one attached hydrogen (secondary N) is 4. The van der Waals surface area contributed by atoms with Gasteiger partial charge in [0.2, 0.25) is 35.4 Å². The molecular weight excluding hydrogens is 750 g/mol. The Kier molecular flexibility index (Phi) is 17.1. The highest BCUT2D eigenvalue weighted by atomic mass is 35.5. The molecule has 2 saturated heterocycles. The first-order chi connectivity index (χ1) is 25.7. The molecule has 2 fully saturated rings. The number of rotatable bonds is 15. The fourth-order valence-electron chi connectivity index (χ4n) is 6.32. The summed E-state index contributed by atoms with van der Waals surface area (Å²) in [7, 11) is 0. The predicted octanol–water partition coefficient (Wildman–Crippen LogP) is 1.72. The van der Waals surface area contributed by atoms with Crippen LogP contribution in [0, 0.1) is 45.6 Å². The Morgan fingerprint density at radius 1 is 0.679 bits per heavy atom. The summed E-state index contributed by atoms with van der Waals surface area (Å²) in [6, 6.07) is 11.7. The molecule has 18 heteroatoms. The first-order valence-electron chi connectivity index (χ1n) is 17.9. The molecule has 0 aliphatic carbocycles. The summed E-state index contributed by atoms with van der Waals surface area (Å²) in [5.41, 5.74) is 13.2. The van der Waals surface area contributed by atoms with Gasteiger partial charge in [-0.3, -0.25) is 59.1 Å². The maximum Gasteiger partial charge on any atom is 0.269 e. The summed E-state index contributed by atoms with van der Waals surface area (Å²) >= 11 is 0. The Hall–Kier alpha value is -5.39. The van der Waals surface area contributed by atoms with Crippen molar-refractivity contribution in [1.29, 1.82) is 0 Å². The quantitative estimate of drug-likeness (QED) is 0.0650. The molecule has 4 rings (SSSR count). The third kappa shape index (κ3) is 11.8. The molecule has 2 aromatic rings. The molecule has 8 N–H and O–H groups in total. The number of nitro benzene ring substituents is 1. The SMILES string of the molecule is CC(C)[C@H](NC(=O)CC(N)c1cccc([N+](=O)[O-])c1)C(=O)[C@@H]1C(=O)NC(=O)[C@H]1C.CC(C)[C@H](NC(=O)CC(N)c1ccccc1)C(=O)[C@@H]1C(=O)NC(=O)[C@H]1C.Cl. The van der Waals surface area contributed by atoms with E-state index in [9.17, 15) is 48.5 Å². The molecule has 2 aliphatic rings. The number of benzene rings is 2. The molecule has 6 amide bonds. The molecule has 17 nitrogen and oxygen atoms in total. The number of hydrogen-bond donors (Lipinski definition) is 6. The molecule has 0 spiro atoms. The van der Waals surface area contributed by atoms with Crippen molar-refractivity contribution >= 4 is 65.1 Å². The van der Waals surface area contributed by atoms with E-state index in [1.807, 2.05) is 30.3 Å². The standard InChI is InChI=1S/C19H24N4O6.C19H25N3O4.ClH/c1-9(2)16(17(25)15-10(3)18(26)22-19(15)27)21-14(24)8-13(20)11-5-4-6-12(7-11)23(28)29;1-10(2)16(17(24)15-11(3)18(25)22-19(15)26)21-14(23)9-13(20)12-7-5-4-6-8-12;/h4-7,9-10,13,15-16H,8,20H2,1-3H3,(H,21,24)(H,22,26,27);4-8,10-11,13,15-16H,9,20H2,1-3H3,(H,21,23)(H,22,25,26);1H/t10-,13?,15+,16-;11-,13?,15+,16-;/m00./s1. The van der Waals surface area contributed by atoms with Crippen LogP contribution in [0.15, 0.2) is 54.6 Å². The van der Waals surface area contributed by atoms with E-state index >= 15 is 0 Å². The van der Waals surface area contributed by atoms with Crippen LogP contribution in [0.1, 0.15) is 77.6 Å². The van der Waals surface area contributed by atoms with Crippen LogP contribution < -0.4 is 32.7 Å². The van der Waals surface area contributed by atoms with Gasteiger partial charge in [0.1, 0.15) is 11.8 Å². The van der Waals surface area contributed by atoms with E-state index in [-0.39, 0.29) is 48.7 Å². The van der Waals surface area contributed by atoms with Crippen LogP contribution in [0.2, 0.25) is 0 Å². The molecule has 2 aliphatic heterocycles. The van der Waals surface area contributed by atoms with E-state index in [0.29, 0.717) is 5.56 Å². The topological polar surface area (TPSA) is 280 Å². The summed E-state index contributed by atoms with van der Waals surface area (Å²) < 4.78 is 0. The molecular formula is C38H50ClN7O10. The Morgan fingerprint density at radius 3 is 1.43 bits per heavy atom. The van der Waals surface area contributed by atoms with Gasteiger partial charge < -0.3 is 22.1 Å². The van der Waals surface area contributed by atoms with Crippen molar-refractivity contribution < 1.29 is 43.3 Å². The zero-order valence-electron chi connectivity index (χ0n) is 32.0.